The molecule has 84 valence electrons. The number of phenolic OH excluding ortho intramolecular Hbond substituents is 1. The monoisotopic (exact) mass is 221 g/mol. The third-order valence-electron chi connectivity index (χ3n) is 1.92. The van der Waals surface area contributed by atoms with Crippen molar-refractivity contribution in [3.05, 3.63) is 36.1 Å². The Labute approximate surface area is 92.1 Å². The van der Waals surface area contributed by atoms with Crippen LogP contribution in [0.4, 0.5) is 0 Å². The summed E-state index contributed by atoms with van der Waals surface area (Å²) in [5.74, 6) is 0.763. The van der Waals surface area contributed by atoms with Gasteiger partial charge in [-0.25, -0.2) is 9.59 Å². The molecule has 0 fully saturated rings. The van der Waals surface area contributed by atoms with Crippen LogP contribution in [0.2, 0.25) is 0 Å². The van der Waals surface area contributed by atoms with Gasteiger partial charge in [-0.05, 0) is 24.1 Å². The number of hydrogen-bond donors (Lipinski definition) is 2. The van der Waals surface area contributed by atoms with E-state index in [-0.39, 0.29) is 12.2 Å². The predicted octanol–water partition coefficient (Wildman–Crippen LogP) is 0.150. The maximum Gasteiger partial charge on any atom is 0.328 e. The summed E-state index contributed by atoms with van der Waals surface area (Å²) in [6, 6.07) is 5.45. The molecule has 0 amide bonds. The summed E-state index contributed by atoms with van der Waals surface area (Å²) >= 11 is 0. The molecule has 0 aromatic heterocycles. The minimum absolute atomic E-state index is 0.142. The Kier molecular flexibility index (Phi) is 4.27. The maximum atomic E-state index is 11.2. The lowest BCUT2D eigenvalue weighted by Crippen LogP contribution is -2.33. The molecule has 0 heterocycles. The molecule has 0 radical (unpaired) electrons. The molecule has 1 aromatic rings. The van der Waals surface area contributed by atoms with Gasteiger partial charge in [0.25, 0.3) is 0 Å². The molecule has 5 heteroatoms. The van der Waals surface area contributed by atoms with Crippen LogP contribution in [0.25, 0.3) is 0 Å². The lowest BCUT2D eigenvalue weighted by molar-refractivity contribution is -0.139. The van der Waals surface area contributed by atoms with Crippen LogP contribution in [0.5, 0.6) is 5.75 Å². The fourth-order valence-electron chi connectivity index (χ4n) is 1.14. The van der Waals surface area contributed by atoms with Gasteiger partial charge in [0.05, 0.1) is 0 Å². The van der Waals surface area contributed by atoms with Crippen LogP contribution < -0.4 is 5.73 Å². The van der Waals surface area contributed by atoms with Gasteiger partial charge in [0.1, 0.15) is 11.8 Å². The largest absolute Gasteiger partial charge is 0.508 e. The average Bonchev–Trinajstić information content (AvgIpc) is 2.29. The Morgan fingerprint density at radius 1 is 1.50 bits per heavy atom. The highest BCUT2D eigenvalue weighted by Gasteiger charge is 2.14. The molecule has 16 heavy (non-hydrogen) atoms. The van der Waals surface area contributed by atoms with Crippen molar-refractivity contribution >= 4 is 11.9 Å². The number of carbonyl (C=O) groups is 1. The number of hydrogen-bond acceptors (Lipinski definition) is 5. The molecule has 1 aromatic carbocycles. The quantitative estimate of drug-likeness (QED) is 0.429. The van der Waals surface area contributed by atoms with E-state index < -0.39 is 12.0 Å². The third kappa shape index (κ3) is 3.57. The summed E-state index contributed by atoms with van der Waals surface area (Å²) in [6.45, 7) is 0. The number of rotatable bonds is 4. The van der Waals surface area contributed by atoms with Crippen molar-refractivity contribution in [1.82, 2.24) is 0 Å². The highest BCUT2D eigenvalue weighted by atomic mass is 16.5. The molecule has 0 spiro atoms. The van der Waals surface area contributed by atoms with E-state index in [9.17, 15) is 9.59 Å². The molecule has 0 aliphatic carbocycles. The van der Waals surface area contributed by atoms with E-state index in [2.05, 4.69) is 4.74 Å². The van der Waals surface area contributed by atoms with Gasteiger partial charge in [-0.15, -0.1) is 0 Å². The van der Waals surface area contributed by atoms with E-state index in [1.54, 1.807) is 12.1 Å². The first-order chi connectivity index (χ1) is 7.63. The summed E-state index contributed by atoms with van der Waals surface area (Å²) in [5, 5.41) is 9.05. The Balaban J connectivity index is 2.56. The lowest BCUT2D eigenvalue weighted by atomic mass is 10.1. The number of phenols is 1. The number of aromatic hydroxyl groups is 1. The van der Waals surface area contributed by atoms with E-state index >= 15 is 0 Å². The van der Waals surface area contributed by atoms with Crippen LogP contribution in [-0.2, 0) is 20.7 Å². The summed E-state index contributed by atoms with van der Waals surface area (Å²) < 4.78 is 4.39. The molecule has 5 nitrogen and oxygen atoms in total. The topological polar surface area (TPSA) is 89.6 Å². The van der Waals surface area contributed by atoms with Crippen LogP contribution in [0, 0.1) is 0 Å². The first-order valence-electron chi connectivity index (χ1n) is 4.57. The van der Waals surface area contributed by atoms with E-state index in [0.717, 1.165) is 5.56 Å². The van der Waals surface area contributed by atoms with Gasteiger partial charge in [0.2, 0.25) is 0 Å². The zero-order valence-electron chi connectivity index (χ0n) is 8.42. The normalized spacial score (nSPS) is 11.3. The van der Waals surface area contributed by atoms with E-state index in [4.69, 9.17) is 10.8 Å². The van der Waals surface area contributed by atoms with Crippen molar-refractivity contribution in [2.45, 2.75) is 12.5 Å². The molecule has 1 rings (SSSR count). The molecule has 0 bridgehead atoms. The second kappa shape index (κ2) is 5.70. The number of benzene rings is 1. The van der Waals surface area contributed by atoms with Crippen molar-refractivity contribution in [2.75, 3.05) is 0 Å². The predicted molar refractivity (Wildman–Crippen MR) is 56.1 cm³/mol. The number of esters is 1. The van der Waals surface area contributed by atoms with Crippen molar-refractivity contribution in [1.29, 1.82) is 0 Å². The van der Waals surface area contributed by atoms with Gasteiger partial charge < -0.3 is 15.6 Å². The minimum atomic E-state index is -0.853. The minimum Gasteiger partial charge on any atom is -0.508 e. The van der Waals surface area contributed by atoms with Crippen LogP contribution in [0.1, 0.15) is 5.56 Å². The molecule has 1 atom stereocenters. The van der Waals surface area contributed by atoms with Gasteiger partial charge in [0, 0.05) is 0 Å². The van der Waals surface area contributed by atoms with Gasteiger partial charge >= 0.3 is 5.97 Å². The van der Waals surface area contributed by atoms with Crippen molar-refractivity contribution in [3.63, 3.8) is 0 Å². The van der Waals surface area contributed by atoms with Crippen LogP contribution >= 0.6 is 0 Å². The first-order valence-corrected chi connectivity index (χ1v) is 4.57. The van der Waals surface area contributed by atoms with Crippen molar-refractivity contribution < 1.29 is 19.4 Å². The molecule has 0 saturated carbocycles. The Bertz CT molecular complexity index is 406. The van der Waals surface area contributed by atoms with Gasteiger partial charge in [-0.3, -0.25) is 0 Å². The maximum absolute atomic E-state index is 11.2. The smallest absolute Gasteiger partial charge is 0.328 e. The molecule has 0 aliphatic rings. The number of nitrogens with two attached hydrogens (primary N) is 1. The molecule has 0 unspecified atom stereocenters. The van der Waals surface area contributed by atoms with Gasteiger partial charge in [0.15, 0.2) is 12.2 Å². The third-order valence-corrected chi connectivity index (χ3v) is 1.92. The van der Waals surface area contributed by atoms with E-state index in [1.807, 2.05) is 0 Å². The second-order valence-electron chi connectivity index (χ2n) is 3.15. The standard InChI is InChI=1S/C11H11NO4/c12-10(11(15)16-6-5-13)7-8-1-3-9(14)4-2-8/h1-4,6,10,14H,7,12H2/t10-/m0/s1. The van der Waals surface area contributed by atoms with Gasteiger partial charge in [-0.1, -0.05) is 12.1 Å². The summed E-state index contributed by atoms with van der Waals surface area (Å²) in [7, 11) is 0. The molecule has 0 aliphatic heterocycles. The second-order valence-corrected chi connectivity index (χ2v) is 3.15. The summed E-state index contributed by atoms with van der Waals surface area (Å²) in [5.41, 5.74) is 6.33. The summed E-state index contributed by atoms with van der Waals surface area (Å²) in [6.07, 6.45) is 0.894. The van der Waals surface area contributed by atoms with Crippen molar-refractivity contribution in [3.8, 4) is 5.75 Å². The zero-order chi connectivity index (χ0) is 12.0. The van der Waals surface area contributed by atoms with E-state index in [1.165, 1.54) is 18.1 Å². The lowest BCUT2D eigenvalue weighted by Gasteiger charge is -2.08. The zero-order valence-corrected chi connectivity index (χ0v) is 8.42. The SMILES string of the molecule is N[C@@H](Cc1ccc(O)cc1)C(=O)OC=C=O. The van der Waals surface area contributed by atoms with Gasteiger partial charge in [-0.2, -0.15) is 0 Å². The molecular weight excluding hydrogens is 210 g/mol. The first kappa shape index (κ1) is 12.0. The fourth-order valence-corrected chi connectivity index (χ4v) is 1.14. The van der Waals surface area contributed by atoms with Crippen molar-refractivity contribution in [2.24, 2.45) is 5.73 Å². The van der Waals surface area contributed by atoms with Crippen LogP contribution in [0.15, 0.2) is 30.5 Å². The molecule has 0 saturated heterocycles. The van der Waals surface area contributed by atoms with Crippen LogP contribution in [-0.4, -0.2) is 23.1 Å². The summed E-state index contributed by atoms with van der Waals surface area (Å²) in [4.78, 5) is 21.0. The number of carbonyl (C=O) groups excluding carboxylic acids is 2. The highest BCUT2D eigenvalue weighted by Crippen LogP contribution is 2.11. The van der Waals surface area contributed by atoms with E-state index in [0.29, 0.717) is 6.26 Å². The Hall–Kier alpha value is -2.10. The Morgan fingerprint density at radius 3 is 2.69 bits per heavy atom. The average molecular weight is 221 g/mol. The highest BCUT2D eigenvalue weighted by molar-refractivity contribution is 5.77. The molecular formula is C11H11NO4. The molecule has 3 N–H and O–H groups in total. The Morgan fingerprint density at radius 2 is 2.12 bits per heavy atom. The number of ether oxygens (including phenoxy) is 1. The van der Waals surface area contributed by atoms with Crippen LogP contribution in [0.3, 0.4) is 0 Å². The fraction of sp³-hybridized carbons (Fsp3) is 0.182.